The van der Waals surface area contributed by atoms with Crippen molar-refractivity contribution in [2.24, 2.45) is 5.92 Å². The Hall–Kier alpha value is -1.87. The number of hydrogen-bond acceptors (Lipinski definition) is 3. The fourth-order valence-corrected chi connectivity index (χ4v) is 3.77. The van der Waals surface area contributed by atoms with Crippen LogP contribution in [0.1, 0.15) is 29.5 Å². The molecule has 0 radical (unpaired) electrons. The van der Waals surface area contributed by atoms with Gasteiger partial charge in [0.1, 0.15) is 5.75 Å². The van der Waals surface area contributed by atoms with Crippen molar-refractivity contribution in [3.63, 3.8) is 0 Å². The number of rotatable bonds is 5. The summed E-state index contributed by atoms with van der Waals surface area (Å²) in [6, 6.07) is 15.4. The van der Waals surface area contributed by atoms with Crippen LogP contribution in [0.15, 0.2) is 53.6 Å². The average Bonchev–Trinajstić information content (AvgIpc) is 3.48. The van der Waals surface area contributed by atoms with Crippen LogP contribution in [0.4, 0.5) is 0 Å². The predicted molar refractivity (Wildman–Crippen MR) is 106 cm³/mol. The minimum absolute atomic E-state index is 0.756. The van der Waals surface area contributed by atoms with Gasteiger partial charge >= 0.3 is 0 Å². The van der Waals surface area contributed by atoms with E-state index in [1.165, 1.54) is 40.0 Å². The lowest BCUT2D eigenvalue weighted by Crippen LogP contribution is -2.13. The molecule has 130 valence electrons. The quantitative estimate of drug-likeness (QED) is 0.698. The lowest BCUT2D eigenvalue weighted by Gasteiger charge is -2.18. The van der Waals surface area contributed by atoms with Gasteiger partial charge in [0.2, 0.25) is 0 Å². The van der Waals surface area contributed by atoms with E-state index >= 15 is 0 Å². The Morgan fingerprint density at radius 1 is 1.12 bits per heavy atom. The van der Waals surface area contributed by atoms with E-state index in [0.29, 0.717) is 0 Å². The molecule has 1 heterocycles. The van der Waals surface area contributed by atoms with Gasteiger partial charge in [0.15, 0.2) is 0 Å². The Labute approximate surface area is 154 Å². The fourth-order valence-electron chi connectivity index (χ4n) is 3.33. The number of benzene rings is 2. The SMILES string of the molecule is CSc1ccc(OCC2CC2)c(C2=CN(C)CCc3ccccc32)c1. The average molecular weight is 352 g/mol. The van der Waals surface area contributed by atoms with Crippen molar-refractivity contribution in [2.75, 3.05) is 26.5 Å². The molecule has 0 unspecified atom stereocenters. The topological polar surface area (TPSA) is 12.5 Å². The van der Waals surface area contributed by atoms with Crippen LogP contribution >= 0.6 is 11.8 Å². The van der Waals surface area contributed by atoms with Gasteiger partial charge in [-0.25, -0.2) is 0 Å². The Morgan fingerprint density at radius 2 is 1.96 bits per heavy atom. The van der Waals surface area contributed by atoms with Gasteiger partial charge < -0.3 is 9.64 Å². The van der Waals surface area contributed by atoms with Crippen molar-refractivity contribution in [1.82, 2.24) is 4.90 Å². The highest BCUT2D eigenvalue weighted by Gasteiger charge is 2.24. The number of thioether (sulfide) groups is 1. The van der Waals surface area contributed by atoms with Crippen molar-refractivity contribution < 1.29 is 4.74 Å². The highest BCUT2D eigenvalue weighted by atomic mass is 32.2. The van der Waals surface area contributed by atoms with Crippen molar-refractivity contribution >= 4 is 17.3 Å². The first-order valence-electron chi connectivity index (χ1n) is 9.06. The summed E-state index contributed by atoms with van der Waals surface area (Å²) in [5.41, 5.74) is 5.24. The molecule has 0 atom stereocenters. The zero-order valence-electron chi connectivity index (χ0n) is 15.0. The summed E-state index contributed by atoms with van der Waals surface area (Å²) in [7, 11) is 2.16. The molecule has 0 amide bonds. The van der Waals surface area contributed by atoms with Gasteiger partial charge in [-0.1, -0.05) is 24.3 Å². The third-order valence-corrected chi connectivity index (χ3v) is 5.76. The maximum absolute atomic E-state index is 6.24. The zero-order valence-corrected chi connectivity index (χ0v) is 15.8. The zero-order chi connectivity index (χ0) is 17.2. The van der Waals surface area contributed by atoms with Gasteiger partial charge in [0.05, 0.1) is 6.61 Å². The van der Waals surface area contributed by atoms with Crippen LogP contribution in [0, 0.1) is 5.92 Å². The highest BCUT2D eigenvalue weighted by molar-refractivity contribution is 7.98. The molecule has 1 saturated carbocycles. The summed E-state index contributed by atoms with van der Waals surface area (Å²) < 4.78 is 6.24. The Morgan fingerprint density at radius 3 is 2.76 bits per heavy atom. The van der Waals surface area contributed by atoms with Gasteiger partial charge in [0, 0.05) is 35.8 Å². The Bertz CT molecular complexity index is 794. The van der Waals surface area contributed by atoms with E-state index < -0.39 is 0 Å². The number of nitrogens with zero attached hydrogens (tertiary/aromatic N) is 1. The number of hydrogen-bond donors (Lipinski definition) is 0. The highest BCUT2D eigenvalue weighted by Crippen LogP contribution is 2.38. The molecule has 2 aromatic carbocycles. The van der Waals surface area contributed by atoms with Crippen LogP contribution in [-0.2, 0) is 6.42 Å². The molecule has 2 aliphatic rings. The van der Waals surface area contributed by atoms with Crippen LogP contribution < -0.4 is 4.74 Å². The molecule has 1 aliphatic carbocycles. The third-order valence-electron chi connectivity index (χ3n) is 5.04. The third kappa shape index (κ3) is 3.72. The fraction of sp³-hybridized carbons (Fsp3) is 0.364. The van der Waals surface area contributed by atoms with Crippen LogP contribution in [-0.4, -0.2) is 31.4 Å². The first-order chi connectivity index (χ1) is 12.2. The molecule has 2 nitrogen and oxygen atoms in total. The molecule has 2 aromatic rings. The minimum atomic E-state index is 0.756. The second kappa shape index (κ2) is 7.17. The van der Waals surface area contributed by atoms with Crippen molar-refractivity contribution in [1.29, 1.82) is 0 Å². The van der Waals surface area contributed by atoms with Crippen LogP contribution in [0.3, 0.4) is 0 Å². The normalized spacial score (nSPS) is 16.9. The molecule has 0 bridgehead atoms. The summed E-state index contributed by atoms with van der Waals surface area (Å²) in [4.78, 5) is 3.57. The Balaban J connectivity index is 1.80. The molecule has 0 spiro atoms. The maximum Gasteiger partial charge on any atom is 0.127 e. The van der Waals surface area contributed by atoms with E-state index in [1.807, 2.05) is 0 Å². The standard InChI is InChI=1S/C22H25NOS/c1-23-12-11-17-5-3-4-6-19(17)21(14-23)20-13-18(25-2)9-10-22(20)24-15-16-7-8-16/h3-6,9-10,13-14,16H,7-8,11-12,15H2,1-2H3. The summed E-state index contributed by atoms with van der Waals surface area (Å²) in [6.07, 6.45) is 8.12. The number of likely N-dealkylation sites (N-methyl/N-ethyl adjacent to an activating group) is 1. The molecule has 0 saturated heterocycles. The summed E-state index contributed by atoms with van der Waals surface area (Å²) >= 11 is 1.78. The molecule has 0 aromatic heterocycles. The first kappa shape index (κ1) is 16.6. The second-order valence-corrected chi connectivity index (χ2v) is 7.93. The molecule has 3 heteroatoms. The molecule has 4 rings (SSSR count). The predicted octanol–water partition coefficient (Wildman–Crippen LogP) is 5.07. The van der Waals surface area contributed by atoms with Gasteiger partial charge in [-0.05, 0) is 60.8 Å². The van der Waals surface area contributed by atoms with Crippen molar-refractivity contribution in [3.8, 4) is 5.75 Å². The lowest BCUT2D eigenvalue weighted by molar-refractivity contribution is 0.299. The van der Waals surface area contributed by atoms with Gasteiger partial charge in [0.25, 0.3) is 0 Å². The first-order valence-corrected chi connectivity index (χ1v) is 10.3. The van der Waals surface area contributed by atoms with Crippen molar-refractivity contribution in [3.05, 3.63) is 65.4 Å². The smallest absolute Gasteiger partial charge is 0.127 e. The number of ether oxygens (including phenoxy) is 1. The second-order valence-electron chi connectivity index (χ2n) is 7.05. The Kier molecular flexibility index (Phi) is 4.76. The largest absolute Gasteiger partial charge is 0.493 e. The van der Waals surface area contributed by atoms with E-state index in [0.717, 1.165) is 31.2 Å². The van der Waals surface area contributed by atoms with E-state index in [-0.39, 0.29) is 0 Å². The van der Waals surface area contributed by atoms with Crippen LogP contribution in [0.2, 0.25) is 0 Å². The minimum Gasteiger partial charge on any atom is -0.493 e. The van der Waals surface area contributed by atoms with Gasteiger partial charge in [-0.15, -0.1) is 11.8 Å². The number of fused-ring (bicyclic) bond motifs is 1. The molecule has 1 aliphatic heterocycles. The van der Waals surface area contributed by atoms with Crippen LogP contribution in [0.5, 0.6) is 5.75 Å². The lowest BCUT2D eigenvalue weighted by atomic mass is 9.93. The summed E-state index contributed by atoms with van der Waals surface area (Å²) in [5.74, 6) is 1.77. The summed E-state index contributed by atoms with van der Waals surface area (Å²) in [5, 5.41) is 0. The van der Waals surface area contributed by atoms with E-state index in [2.05, 4.69) is 66.9 Å². The maximum atomic E-state index is 6.24. The van der Waals surface area contributed by atoms with E-state index in [9.17, 15) is 0 Å². The summed E-state index contributed by atoms with van der Waals surface area (Å²) in [6.45, 7) is 1.89. The molecular weight excluding hydrogens is 326 g/mol. The molecular formula is C22H25NOS. The van der Waals surface area contributed by atoms with Gasteiger partial charge in [-0.3, -0.25) is 0 Å². The van der Waals surface area contributed by atoms with Crippen LogP contribution in [0.25, 0.3) is 5.57 Å². The van der Waals surface area contributed by atoms with E-state index in [4.69, 9.17) is 4.74 Å². The van der Waals surface area contributed by atoms with Gasteiger partial charge in [-0.2, -0.15) is 0 Å². The monoisotopic (exact) mass is 351 g/mol. The molecule has 25 heavy (non-hydrogen) atoms. The van der Waals surface area contributed by atoms with Crippen molar-refractivity contribution in [2.45, 2.75) is 24.2 Å². The molecule has 0 N–H and O–H groups in total. The van der Waals surface area contributed by atoms with E-state index in [1.54, 1.807) is 11.8 Å². The molecule has 1 fully saturated rings.